The molecular formula is C14H18N2O4. The van der Waals surface area contributed by atoms with Crippen LogP contribution in [0, 0.1) is 6.92 Å². The number of benzene rings is 1. The van der Waals surface area contributed by atoms with Crippen LogP contribution in [0.1, 0.15) is 28.8 Å². The Balaban J connectivity index is 2.25. The molecule has 1 aromatic carbocycles. The number of aryl methyl sites for hydroxylation is 1. The van der Waals surface area contributed by atoms with Gasteiger partial charge in [-0.15, -0.1) is 0 Å². The number of nitrogens with one attached hydrogen (secondary N) is 1. The molecule has 108 valence electrons. The van der Waals surface area contributed by atoms with Crippen LogP contribution in [-0.2, 0) is 9.53 Å². The maximum atomic E-state index is 11.5. The predicted molar refractivity (Wildman–Crippen MR) is 73.7 cm³/mol. The number of primary amides is 1. The lowest BCUT2D eigenvalue weighted by Gasteiger charge is -2.35. The summed E-state index contributed by atoms with van der Waals surface area (Å²) in [4.78, 5) is 22.7. The van der Waals surface area contributed by atoms with Gasteiger partial charge in [-0.1, -0.05) is 0 Å². The van der Waals surface area contributed by atoms with Crippen molar-refractivity contribution in [2.24, 2.45) is 5.73 Å². The molecule has 6 nitrogen and oxygen atoms in total. The summed E-state index contributed by atoms with van der Waals surface area (Å²) >= 11 is 0. The normalized spacial score (nSPS) is 17.4. The topological polar surface area (TPSA) is 102 Å². The van der Waals surface area contributed by atoms with Crippen molar-refractivity contribution < 1.29 is 19.4 Å². The summed E-state index contributed by atoms with van der Waals surface area (Å²) < 4.78 is 5.22. The molecule has 1 aliphatic rings. The fraction of sp³-hybridized carbons (Fsp3) is 0.429. The fourth-order valence-electron chi connectivity index (χ4n) is 2.41. The van der Waals surface area contributed by atoms with E-state index >= 15 is 0 Å². The third-order valence-corrected chi connectivity index (χ3v) is 3.63. The van der Waals surface area contributed by atoms with Gasteiger partial charge in [-0.3, -0.25) is 4.79 Å². The van der Waals surface area contributed by atoms with Crippen molar-refractivity contribution >= 4 is 17.6 Å². The van der Waals surface area contributed by atoms with Gasteiger partial charge in [-0.25, -0.2) is 4.79 Å². The molecule has 0 bridgehead atoms. The average molecular weight is 278 g/mol. The molecule has 0 radical (unpaired) electrons. The molecule has 0 saturated carbocycles. The summed E-state index contributed by atoms with van der Waals surface area (Å²) in [6.07, 6.45) is 0.803. The Bertz CT molecular complexity index is 536. The van der Waals surface area contributed by atoms with Gasteiger partial charge < -0.3 is 20.9 Å². The van der Waals surface area contributed by atoms with Crippen molar-refractivity contribution in [3.05, 3.63) is 29.3 Å². The van der Waals surface area contributed by atoms with Crippen molar-refractivity contribution in [2.75, 3.05) is 18.5 Å². The summed E-state index contributed by atoms with van der Waals surface area (Å²) in [6, 6.07) is 5.02. The number of carbonyl (C=O) groups is 2. The van der Waals surface area contributed by atoms with Crippen LogP contribution < -0.4 is 11.1 Å². The third-order valence-electron chi connectivity index (χ3n) is 3.63. The Hall–Kier alpha value is -2.08. The van der Waals surface area contributed by atoms with E-state index in [2.05, 4.69) is 5.32 Å². The van der Waals surface area contributed by atoms with E-state index in [1.54, 1.807) is 25.1 Å². The van der Waals surface area contributed by atoms with Crippen LogP contribution >= 0.6 is 0 Å². The first-order valence-electron chi connectivity index (χ1n) is 6.44. The molecule has 2 rings (SSSR count). The maximum absolute atomic E-state index is 11.5. The molecule has 1 amide bonds. The first-order chi connectivity index (χ1) is 9.44. The maximum Gasteiger partial charge on any atom is 0.329 e. The Morgan fingerprint density at radius 2 is 2.00 bits per heavy atom. The molecule has 4 N–H and O–H groups in total. The molecule has 0 unspecified atom stereocenters. The zero-order valence-corrected chi connectivity index (χ0v) is 11.3. The van der Waals surface area contributed by atoms with E-state index in [-0.39, 0.29) is 0 Å². The van der Waals surface area contributed by atoms with Gasteiger partial charge in [-0.2, -0.15) is 0 Å². The number of carbonyl (C=O) groups excluding carboxylic acids is 1. The van der Waals surface area contributed by atoms with Crippen LogP contribution in [-0.4, -0.2) is 35.7 Å². The highest BCUT2D eigenvalue weighted by Gasteiger charge is 2.40. The number of nitrogens with two attached hydrogens (primary N) is 1. The fourth-order valence-corrected chi connectivity index (χ4v) is 2.41. The van der Waals surface area contributed by atoms with E-state index in [0.717, 1.165) is 5.56 Å². The smallest absolute Gasteiger partial charge is 0.329 e. The second-order valence-electron chi connectivity index (χ2n) is 5.02. The lowest BCUT2D eigenvalue weighted by Crippen LogP contribution is -2.50. The molecule has 1 aromatic rings. The van der Waals surface area contributed by atoms with Crippen molar-refractivity contribution in [2.45, 2.75) is 25.3 Å². The first-order valence-corrected chi connectivity index (χ1v) is 6.44. The largest absolute Gasteiger partial charge is 0.480 e. The molecule has 6 heteroatoms. The van der Waals surface area contributed by atoms with E-state index in [1.807, 2.05) is 0 Å². The number of carboxylic acid groups (broad SMARTS) is 1. The van der Waals surface area contributed by atoms with Crippen molar-refractivity contribution in [3.63, 3.8) is 0 Å². The number of rotatable bonds is 4. The monoisotopic (exact) mass is 278 g/mol. The molecule has 1 fully saturated rings. The van der Waals surface area contributed by atoms with E-state index in [1.165, 1.54) is 0 Å². The van der Waals surface area contributed by atoms with E-state index in [0.29, 0.717) is 37.3 Å². The van der Waals surface area contributed by atoms with Crippen LogP contribution in [0.2, 0.25) is 0 Å². The van der Waals surface area contributed by atoms with Crippen LogP contribution in [0.3, 0.4) is 0 Å². The number of aliphatic carboxylic acids is 1. The number of hydrogen-bond donors (Lipinski definition) is 3. The summed E-state index contributed by atoms with van der Waals surface area (Å²) in [5.41, 5.74) is 6.06. The number of hydrogen-bond acceptors (Lipinski definition) is 4. The highest BCUT2D eigenvalue weighted by atomic mass is 16.5. The Morgan fingerprint density at radius 3 is 2.50 bits per heavy atom. The van der Waals surface area contributed by atoms with Crippen LogP contribution in [0.15, 0.2) is 18.2 Å². The molecule has 1 saturated heterocycles. The van der Waals surface area contributed by atoms with Crippen LogP contribution in [0.4, 0.5) is 5.69 Å². The lowest BCUT2D eigenvalue weighted by molar-refractivity contribution is -0.145. The number of anilines is 1. The molecule has 0 aromatic heterocycles. The number of carboxylic acids is 1. The van der Waals surface area contributed by atoms with Gasteiger partial charge in [0.25, 0.3) is 0 Å². The van der Waals surface area contributed by atoms with E-state index < -0.39 is 17.4 Å². The highest BCUT2D eigenvalue weighted by molar-refractivity contribution is 5.94. The van der Waals surface area contributed by atoms with Crippen molar-refractivity contribution in [3.8, 4) is 0 Å². The zero-order valence-electron chi connectivity index (χ0n) is 11.3. The van der Waals surface area contributed by atoms with Crippen molar-refractivity contribution in [1.82, 2.24) is 0 Å². The third kappa shape index (κ3) is 2.75. The number of ether oxygens (including phenoxy) is 1. The van der Waals surface area contributed by atoms with Gasteiger partial charge in [0.2, 0.25) is 5.91 Å². The molecule has 1 aliphatic heterocycles. The molecule has 20 heavy (non-hydrogen) atoms. The standard InChI is InChI=1S/C14H18N2O4/c1-9-8-10(2-3-11(9)12(15)17)16-14(13(18)19)4-6-20-7-5-14/h2-3,8,16H,4-7H2,1H3,(H2,15,17)(H,18,19). The zero-order chi connectivity index (χ0) is 14.8. The summed E-state index contributed by atoms with van der Waals surface area (Å²) in [5.74, 6) is -1.38. The van der Waals surface area contributed by atoms with Gasteiger partial charge in [0.1, 0.15) is 5.54 Å². The quantitative estimate of drug-likeness (QED) is 0.766. The second kappa shape index (κ2) is 5.50. The second-order valence-corrected chi connectivity index (χ2v) is 5.02. The summed E-state index contributed by atoms with van der Waals surface area (Å²) in [7, 11) is 0. The average Bonchev–Trinajstić information content (AvgIpc) is 2.39. The van der Waals surface area contributed by atoms with E-state index in [4.69, 9.17) is 10.5 Å². The predicted octanol–water partition coefficient (Wildman–Crippen LogP) is 1.14. The summed E-state index contributed by atoms with van der Waals surface area (Å²) in [5, 5.41) is 12.5. The molecular weight excluding hydrogens is 260 g/mol. The SMILES string of the molecule is Cc1cc(NC2(C(=O)O)CCOCC2)ccc1C(N)=O. The molecule has 1 heterocycles. The van der Waals surface area contributed by atoms with Gasteiger partial charge in [0, 0.05) is 37.3 Å². The van der Waals surface area contributed by atoms with Gasteiger partial charge >= 0.3 is 5.97 Å². The van der Waals surface area contributed by atoms with Crippen molar-refractivity contribution in [1.29, 1.82) is 0 Å². The van der Waals surface area contributed by atoms with Crippen LogP contribution in [0.25, 0.3) is 0 Å². The molecule has 0 aliphatic carbocycles. The summed E-state index contributed by atoms with van der Waals surface area (Å²) in [6.45, 7) is 2.60. The van der Waals surface area contributed by atoms with Gasteiger partial charge in [0.15, 0.2) is 0 Å². The molecule has 0 spiro atoms. The van der Waals surface area contributed by atoms with Gasteiger partial charge in [-0.05, 0) is 30.7 Å². The molecule has 0 atom stereocenters. The Labute approximate surface area is 116 Å². The van der Waals surface area contributed by atoms with E-state index in [9.17, 15) is 14.7 Å². The van der Waals surface area contributed by atoms with Crippen LogP contribution in [0.5, 0.6) is 0 Å². The lowest BCUT2D eigenvalue weighted by atomic mass is 9.89. The minimum atomic E-state index is -1.01. The Morgan fingerprint density at radius 1 is 1.35 bits per heavy atom. The minimum Gasteiger partial charge on any atom is -0.480 e. The Kier molecular flexibility index (Phi) is 3.94. The highest BCUT2D eigenvalue weighted by Crippen LogP contribution is 2.27. The first kappa shape index (κ1) is 14.3. The minimum absolute atomic E-state index is 0.402. The number of amides is 1. The van der Waals surface area contributed by atoms with Gasteiger partial charge in [0.05, 0.1) is 0 Å².